The molecule has 0 unspecified atom stereocenters. The van der Waals surface area contributed by atoms with Crippen LogP contribution in [-0.4, -0.2) is 82.4 Å². The normalized spacial score (nSPS) is 12.0. The lowest BCUT2D eigenvalue weighted by Gasteiger charge is -2.17. The molecule has 8 N–H and O–H groups in total. The van der Waals surface area contributed by atoms with E-state index in [9.17, 15) is 29.4 Å². The number of aliphatic hydroxyl groups excluding tert-OH is 2. The van der Waals surface area contributed by atoms with Crippen molar-refractivity contribution in [3.8, 4) is 0 Å². The molecule has 1 aromatic heterocycles. The van der Waals surface area contributed by atoms with E-state index < -0.39 is 72.1 Å². The molecular weight excluding hydrogens is 548 g/mol. The second kappa shape index (κ2) is 15.6. The van der Waals surface area contributed by atoms with Gasteiger partial charge in [0.05, 0.1) is 26.4 Å². The SMILES string of the molecule is Nc1nc(C(=O)N[C@H](CO)C(=O)OCCc2ccccc2)c(N)nc1C(=O)N[C@H](CO)C(=O)OCCc1ccccc1. The summed E-state index contributed by atoms with van der Waals surface area (Å²) in [6.07, 6.45) is 0.861. The molecule has 42 heavy (non-hydrogen) atoms. The van der Waals surface area contributed by atoms with Gasteiger partial charge in [-0.2, -0.15) is 0 Å². The molecule has 3 aromatic rings. The number of benzene rings is 2. The molecule has 0 aliphatic carbocycles. The zero-order chi connectivity index (χ0) is 30.5. The summed E-state index contributed by atoms with van der Waals surface area (Å²) in [5, 5.41) is 23.7. The van der Waals surface area contributed by atoms with Crippen LogP contribution in [0, 0.1) is 0 Å². The topological polar surface area (TPSA) is 229 Å². The van der Waals surface area contributed by atoms with E-state index in [0.717, 1.165) is 11.1 Å². The first-order valence-corrected chi connectivity index (χ1v) is 12.9. The first kappa shape index (κ1) is 31.4. The molecule has 0 aliphatic heterocycles. The average molecular weight is 581 g/mol. The van der Waals surface area contributed by atoms with Gasteiger partial charge in [0, 0.05) is 12.8 Å². The molecule has 0 fully saturated rings. The van der Waals surface area contributed by atoms with Crippen LogP contribution in [-0.2, 0) is 31.9 Å². The Morgan fingerprint density at radius 1 is 0.667 bits per heavy atom. The summed E-state index contributed by atoms with van der Waals surface area (Å²) >= 11 is 0. The Labute approximate surface area is 241 Å². The van der Waals surface area contributed by atoms with Gasteiger partial charge in [0.2, 0.25) is 0 Å². The average Bonchev–Trinajstić information content (AvgIpc) is 3.00. The Morgan fingerprint density at radius 2 is 1.02 bits per heavy atom. The largest absolute Gasteiger partial charge is 0.464 e. The van der Waals surface area contributed by atoms with Crippen molar-refractivity contribution in [1.29, 1.82) is 0 Å². The third-order valence-corrected chi connectivity index (χ3v) is 5.88. The molecule has 1 heterocycles. The molecule has 2 atom stereocenters. The van der Waals surface area contributed by atoms with E-state index in [-0.39, 0.29) is 13.2 Å². The fourth-order valence-electron chi connectivity index (χ4n) is 3.64. The molecule has 2 amide bonds. The highest BCUT2D eigenvalue weighted by atomic mass is 16.5. The van der Waals surface area contributed by atoms with Crippen molar-refractivity contribution in [1.82, 2.24) is 20.6 Å². The summed E-state index contributed by atoms with van der Waals surface area (Å²) in [6.45, 7) is -1.51. The number of anilines is 2. The number of esters is 2. The summed E-state index contributed by atoms with van der Waals surface area (Å²) in [5.41, 5.74) is 12.5. The highest BCUT2D eigenvalue weighted by molar-refractivity contribution is 6.02. The Balaban J connectivity index is 1.57. The third kappa shape index (κ3) is 8.97. The Kier molecular flexibility index (Phi) is 11.7. The minimum absolute atomic E-state index is 0.0172. The number of carbonyl (C=O) groups excluding carboxylic acids is 4. The number of rotatable bonds is 14. The van der Waals surface area contributed by atoms with Crippen molar-refractivity contribution >= 4 is 35.4 Å². The third-order valence-electron chi connectivity index (χ3n) is 5.88. The fourth-order valence-corrected chi connectivity index (χ4v) is 3.64. The molecule has 0 spiro atoms. The van der Waals surface area contributed by atoms with Crippen LogP contribution < -0.4 is 22.1 Å². The Hall–Kier alpha value is -5.08. The maximum Gasteiger partial charge on any atom is 0.331 e. The van der Waals surface area contributed by atoms with Gasteiger partial charge in [0.25, 0.3) is 11.8 Å². The zero-order valence-corrected chi connectivity index (χ0v) is 22.6. The lowest BCUT2D eigenvalue weighted by Crippen LogP contribution is -2.46. The van der Waals surface area contributed by atoms with E-state index in [1.165, 1.54) is 0 Å². The van der Waals surface area contributed by atoms with E-state index in [1.807, 2.05) is 60.7 Å². The lowest BCUT2D eigenvalue weighted by molar-refractivity contribution is -0.147. The number of aliphatic hydroxyl groups is 2. The van der Waals surface area contributed by atoms with Crippen LogP contribution in [0.25, 0.3) is 0 Å². The number of nitrogen functional groups attached to an aromatic ring is 2. The number of amides is 2. The van der Waals surface area contributed by atoms with Crippen molar-refractivity contribution < 1.29 is 38.9 Å². The van der Waals surface area contributed by atoms with Crippen molar-refractivity contribution in [2.45, 2.75) is 24.9 Å². The van der Waals surface area contributed by atoms with Crippen molar-refractivity contribution in [3.05, 3.63) is 83.2 Å². The summed E-state index contributed by atoms with van der Waals surface area (Å²) in [5.74, 6) is -4.83. The van der Waals surface area contributed by atoms with E-state index >= 15 is 0 Å². The second-order valence-corrected chi connectivity index (χ2v) is 8.91. The molecule has 14 heteroatoms. The predicted octanol–water partition coefficient (Wildman–Crippen LogP) is -0.606. The summed E-state index contributed by atoms with van der Waals surface area (Å²) in [4.78, 5) is 57.8. The molecule has 222 valence electrons. The lowest BCUT2D eigenvalue weighted by atomic mass is 10.2. The van der Waals surface area contributed by atoms with E-state index in [0.29, 0.717) is 12.8 Å². The van der Waals surface area contributed by atoms with Gasteiger partial charge in [-0.15, -0.1) is 0 Å². The first-order chi connectivity index (χ1) is 20.2. The Morgan fingerprint density at radius 3 is 1.36 bits per heavy atom. The number of hydrogen-bond acceptors (Lipinski definition) is 12. The molecule has 0 radical (unpaired) electrons. The minimum atomic E-state index is -1.43. The zero-order valence-electron chi connectivity index (χ0n) is 22.6. The minimum Gasteiger partial charge on any atom is -0.464 e. The molecule has 0 aliphatic rings. The first-order valence-electron chi connectivity index (χ1n) is 12.9. The Bertz CT molecular complexity index is 1270. The molecule has 0 saturated carbocycles. The molecule has 0 bridgehead atoms. The number of carbonyl (C=O) groups is 4. The predicted molar refractivity (Wildman–Crippen MR) is 150 cm³/mol. The van der Waals surface area contributed by atoms with E-state index in [4.69, 9.17) is 20.9 Å². The monoisotopic (exact) mass is 580 g/mol. The maximum atomic E-state index is 12.7. The van der Waals surface area contributed by atoms with Gasteiger partial charge in [0.1, 0.15) is 0 Å². The number of nitrogens with two attached hydrogens (primary N) is 2. The van der Waals surface area contributed by atoms with Crippen molar-refractivity contribution in [3.63, 3.8) is 0 Å². The molecule has 14 nitrogen and oxygen atoms in total. The number of hydrogen-bond donors (Lipinski definition) is 6. The van der Waals surface area contributed by atoms with Crippen LogP contribution in [0.15, 0.2) is 60.7 Å². The molecule has 0 saturated heterocycles. The summed E-state index contributed by atoms with van der Waals surface area (Å²) in [7, 11) is 0. The van der Waals surface area contributed by atoms with Gasteiger partial charge >= 0.3 is 11.9 Å². The number of aromatic nitrogens is 2. The number of nitrogens with one attached hydrogen (secondary N) is 2. The van der Waals surface area contributed by atoms with Crippen LogP contribution in [0.2, 0.25) is 0 Å². The smallest absolute Gasteiger partial charge is 0.331 e. The van der Waals surface area contributed by atoms with Crippen LogP contribution in [0.5, 0.6) is 0 Å². The van der Waals surface area contributed by atoms with Gasteiger partial charge in [-0.3, -0.25) is 9.59 Å². The maximum absolute atomic E-state index is 12.7. The van der Waals surface area contributed by atoms with Gasteiger partial charge < -0.3 is 41.8 Å². The van der Waals surface area contributed by atoms with Gasteiger partial charge in [0.15, 0.2) is 35.1 Å². The quantitative estimate of drug-likeness (QED) is 0.131. The highest BCUT2D eigenvalue weighted by Gasteiger charge is 2.28. The summed E-state index contributed by atoms with van der Waals surface area (Å²) in [6, 6.07) is 15.6. The number of ether oxygens (including phenoxy) is 2. The van der Waals surface area contributed by atoms with Crippen molar-refractivity contribution in [2.24, 2.45) is 0 Å². The second-order valence-electron chi connectivity index (χ2n) is 8.91. The van der Waals surface area contributed by atoms with Gasteiger partial charge in [-0.1, -0.05) is 60.7 Å². The van der Waals surface area contributed by atoms with E-state index in [1.54, 1.807) is 0 Å². The number of nitrogens with zero attached hydrogens (tertiary/aromatic N) is 2. The molecular formula is C28H32N6O8. The van der Waals surface area contributed by atoms with Crippen LogP contribution >= 0.6 is 0 Å². The van der Waals surface area contributed by atoms with Crippen LogP contribution in [0.3, 0.4) is 0 Å². The fraction of sp³-hybridized carbons (Fsp3) is 0.286. The van der Waals surface area contributed by atoms with Gasteiger partial charge in [-0.25, -0.2) is 19.6 Å². The standard InChI is InChI=1S/C28H32N6O8/c29-23-21(25(37)31-19(15-35)27(39)41-13-11-17-7-3-1-4-8-17)33-24(30)22(34-23)26(38)32-20(16-36)28(40)42-14-12-18-9-5-2-6-10-18/h1-10,19-20,35-36H,11-16H2,(H2,30,33)(H2,29,34)(H,31,37)(H,32,38)/t19-,20-/m1/s1. The van der Waals surface area contributed by atoms with Crippen LogP contribution in [0.4, 0.5) is 11.6 Å². The molecule has 3 rings (SSSR count). The van der Waals surface area contributed by atoms with Crippen molar-refractivity contribution in [2.75, 3.05) is 37.9 Å². The summed E-state index contributed by atoms with van der Waals surface area (Å²) < 4.78 is 10.3. The molecule has 2 aromatic carbocycles. The van der Waals surface area contributed by atoms with Gasteiger partial charge in [-0.05, 0) is 11.1 Å². The van der Waals surface area contributed by atoms with Crippen LogP contribution in [0.1, 0.15) is 32.1 Å². The highest BCUT2D eigenvalue weighted by Crippen LogP contribution is 2.14. The van der Waals surface area contributed by atoms with E-state index in [2.05, 4.69) is 20.6 Å².